The summed E-state index contributed by atoms with van der Waals surface area (Å²) >= 11 is 0. The number of aliphatic imine (C=N–C) groups is 1. The topological polar surface area (TPSA) is 67.4 Å². The van der Waals surface area contributed by atoms with Crippen LogP contribution in [-0.2, 0) is 11.3 Å². The first kappa shape index (κ1) is 25.5. The van der Waals surface area contributed by atoms with Gasteiger partial charge >= 0.3 is 0 Å². The molecule has 2 aromatic carbocycles. The highest BCUT2D eigenvalue weighted by Crippen LogP contribution is 2.27. The molecule has 0 radical (unpaired) electrons. The lowest BCUT2D eigenvalue weighted by Crippen LogP contribution is -2.41. The van der Waals surface area contributed by atoms with E-state index >= 15 is 0 Å². The van der Waals surface area contributed by atoms with E-state index in [0.717, 1.165) is 40.7 Å². The van der Waals surface area contributed by atoms with Crippen LogP contribution < -0.4 is 20.1 Å². The van der Waals surface area contributed by atoms with Gasteiger partial charge in [0, 0.05) is 31.3 Å². The molecule has 0 spiro atoms. The van der Waals surface area contributed by atoms with Crippen LogP contribution in [0.2, 0.25) is 0 Å². The van der Waals surface area contributed by atoms with E-state index in [1.165, 1.54) is 0 Å². The van der Waals surface area contributed by atoms with E-state index in [4.69, 9.17) is 19.2 Å². The van der Waals surface area contributed by atoms with Crippen molar-refractivity contribution in [2.24, 2.45) is 4.99 Å². The average molecular weight is 443 g/mol. The molecular weight excluding hydrogens is 404 g/mol. The van der Waals surface area contributed by atoms with Crippen molar-refractivity contribution in [1.82, 2.24) is 15.5 Å². The van der Waals surface area contributed by atoms with Crippen LogP contribution in [0.15, 0.2) is 47.5 Å². The maximum atomic E-state index is 5.91. The van der Waals surface area contributed by atoms with Crippen molar-refractivity contribution in [2.75, 3.05) is 54.6 Å². The first-order valence-electron chi connectivity index (χ1n) is 11.0. The van der Waals surface area contributed by atoms with E-state index < -0.39 is 0 Å². The lowest BCUT2D eigenvalue weighted by Gasteiger charge is -2.27. The normalized spacial score (nSPS) is 12.5. The van der Waals surface area contributed by atoms with Gasteiger partial charge in [0.25, 0.3) is 0 Å². The summed E-state index contributed by atoms with van der Waals surface area (Å²) in [6, 6.07) is 14.4. The standard InChI is InChI=1S/C25H38N4O3/c1-7-26-25(27-17-20-13-12-19(2)16-24(20)32-15-14-30-5)28-18-22(29(3)4)21-10-8-9-11-23(21)31-6/h8-13,16,22H,7,14-15,17-18H2,1-6H3,(H2,26,27,28). The fourth-order valence-corrected chi connectivity index (χ4v) is 3.37. The van der Waals surface area contributed by atoms with Crippen molar-refractivity contribution >= 4 is 5.96 Å². The molecule has 0 heterocycles. The molecule has 2 rings (SSSR count). The van der Waals surface area contributed by atoms with Crippen molar-refractivity contribution in [2.45, 2.75) is 26.4 Å². The highest BCUT2D eigenvalue weighted by atomic mass is 16.5. The molecule has 0 aliphatic heterocycles. The number of hydrogen-bond donors (Lipinski definition) is 2. The van der Waals surface area contributed by atoms with Gasteiger partial charge in [0.15, 0.2) is 5.96 Å². The Bertz CT molecular complexity index is 855. The third-order valence-corrected chi connectivity index (χ3v) is 5.10. The van der Waals surface area contributed by atoms with E-state index in [-0.39, 0.29) is 6.04 Å². The van der Waals surface area contributed by atoms with Crippen LogP contribution in [0.5, 0.6) is 11.5 Å². The lowest BCUT2D eigenvalue weighted by atomic mass is 10.0. The fourth-order valence-electron chi connectivity index (χ4n) is 3.37. The summed E-state index contributed by atoms with van der Waals surface area (Å²) in [5.41, 5.74) is 3.33. The van der Waals surface area contributed by atoms with E-state index in [0.29, 0.717) is 26.3 Å². The highest BCUT2D eigenvalue weighted by Gasteiger charge is 2.18. The Morgan fingerprint density at radius 3 is 2.50 bits per heavy atom. The molecule has 176 valence electrons. The molecule has 2 aromatic rings. The minimum Gasteiger partial charge on any atom is -0.496 e. The van der Waals surface area contributed by atoms with Crippen LogP contribution in [0.1, 0.15) is 29.7 Å². The lowest BCUT2D eigenvalue weighted by molar-refractivity contribution is 0.145. The predicted octanol–water partition coefficient (Wildman–Crippen LogP) is 3.39. The zero-order valence-corrected chi connectivity index (χ0v) is 20.3. The number of methoxy groups -OCH3 is 2. The van der Waals surface area contributed by atoms with E-state index in [9.17, 15) is 0 Å². The molecule has 0 aromatic heterocycles. The molecule has 32 heavy (non-hydrogen) atoms. The van der Waals surface area contributed by atoms with Crippen molar-refractivity contribution in [3.05, 3.63) is 59.2 Å². The molecule has 0 saturated heterocycles. The van der Waals surface area contributed by atoms with Gasteiger partial charge in [0.2, 0.25) is 0 Å². The number of aryl methyl sites for hydroxylation is 1. The van der Waals surface area contributed by atoms with Gasteiger partial charge in [-0.15, -0.1) is 0 Å². The smallest absolute Gasteiger partial charge is 0.191 e. The van der Waals surface area contributed by atoms with Gasteiger partial charge in [-0.05, 0) is 45.6 Å². The molecular formula is C25H38N4O3. The third kappa shape index (κ3) is 7.73. The Kier molecular flexibility index (Phi) is 10.8. The Hall–Kier alpha value is -2.77. The summed E-state index contributed by atoms with van der Waals surface area (Å²) in [6.07, 6.45) is 0. The fraction of sp³-hybridized carbons (Fsp3) is 0.480. The average Bonchev–Trinajstić information content (AvgIpc) is 2.78. The molecule has 7 nitrogen and oxygen atoms in total. The monoisotopic (exact) mass is 442 g/mol. The number of para-hydroxylation sites is 1. The number of guanidine groups is 1. The second-order valence-electron chi connectivity index (χ2n) is 7.75. The van der Waals surface area contributed by atoms with Gasteiger partial charge in [-0.3, -0.25) is 0 Å². The van der Waals surface area contributed by atoms with Crippen LogP contribution in [0.3, 0.4) is 0 Å². The number of hydrogen-bond acceptors (Lipinski definition) is 5. The summed E-state index contributed by atoms with van der Waals surface area (Å²) < 4.78 is 16.6. The van der Waals surface area contributed by atoms with Crippen LogP contribution in [0, 0.1) is 6.92 Å². The maximum Gasteiger partial charge on any atom is 0.191 e. The zero-order valence-electron chi connectivity index (χ0n) is 20.3. The Labute approximate surface area is 192 Å². The van der Waals surface area contributed by atoms with Gasteiger partial charge < -0.3 is 29.7 Å². The number of likely N-dealkylation sites (N-methyl/N-ethyl adjacent to an activating group) is 1. The second kappa shape index (κ2) is 13.6. The summed E-state index contributed by atoms with van der Waals surface area (Å²) in [6.45, 7) is 7.16. The van der Waals surface area contributed by atoms with Crippen LogP contribution in [0.4, 0.5) is 0 Å². The third-order valence-electron chi connectivity index (χ3n) is 5.10. The zero-order chi connectivity index (χ0) is 23.3. The quantitative estimate of drug-likeness (QED) is 0.298. The summed E-state index contributed by atoms with van der Waals surface area (Å²) in [5.74, 6) is 2.49. The van der Waals surface area contributed by atoms with Crippen molar-refractivity contribution < 1.29 is 14.2 Å². The highest BCUT2D eigenvalue weighted by molar-refractivity contribution is 5.79. The summed E-state index contributed by atoms with van der Waals surface area (Å²) in [5, 5.41) is 6.82. The van der Waals surface area contributed by atoms with Gasteiger partial charge in [0.1, 0.15) is 18.1 Å². The second-order valence-corrected chi connectivity index (χ2v) is 7.75. The van der Waals surface area contributed by atoms with Gasteiger partial charge in [0.05, 0.1) is 26.3 Å². The number of benzene rings is 2. The summed E-state index contributed by atoms with van der Waals surface area (Å²) in [4.78, 5) is 6.98. The van der Waals surface area contributed by atoms with Crippen LogP contribution in [0.25, 0.3) is 0 Å². The number of nitrogens with one attached hydrogen (secondary N) is 2. The molecule has 0 aliphatic rings. The van der Waals surface area contributed by atoms with Crippen molar-refractivity contribution in [3.63, 3.8) is 0 Å². The number of rotatable bonds is 12. The molecule has 0 amide bonds. The van der Waals surface area contributed by atoms with E-state index in [2.05, 4.69) is 61.7 Å². The number of ether oxygens (including phenoxy) is 3. The Morgan fingerprint density at radius 2 is 1.81 bits per heavy atom. The minimum atomic E-state index is 0.127. The molecule has 0 fully saturated rings. The van der Waals surface area contributed by atoms with Gasteiger partial charge in [-0.25, -0.2) is 4.99 Å². The van der Waals surface area contributed by atoms with Crippen LogP contribution in [-0.4, -0.2) is 65.5 Å². The van der Waals surface area contributed by atoms with E-state index in [1.54, 1.807) is 14.2 Å². The summed E-state index contributed by atoms with van der Waals surface area (Å²) in [7, 11) is 7.52. The SMILES string of the molecule is CCNC(=NCc1ccc(C)cc1OCCOC)NCC(c1ccccc1OC)N(C)C. The molecule has 1 unspecified atom stereocenters. The predicted molar refractivity (Wildman–Crippen MR) is 131 cm³/mol. The molecule has 7 heteroatoms. The van der Waals surface area contributed by atoms with Crippen molar-refractivity contribution in [3.8, 4) is 11.5 Å². The molecule has 0 aliphatic carbocycles. The molecule has 0 bridgehead atoms. The Balaban J connectivity index is 2.14. The first-order valence-corrected chi connectivity index (χ1v) is 11.0. The number of nitrogens with zero attached hydrogens (tertiary/aromatic N) is 2. The molecule has 1 atom stereocenters. The van der Waals surface area contributed by atoms with Gasteiger partial charge in [-0.2, -0.15) is 0 Å². The van der Waals surface area contributed by atoms with E-state index in [1.807, 2.05) is 24.3 Å². The minimum absolute atomic E-state index is 0.127. The first-order chi connectivity index (χ1) is 15.5. The maximum absolute atomic E-state index is 5.91. The molecule has 0 saturated carbocycles. The van der Waals surface area contributed by atoms with Crippen LogP contribution >= 0.6 is 0 Å². The molecule has 2 N–H and O–H groups in total. The van der Waals surface area contributed by atoms with Gasteiger partial charge in [-0.1, -0.05) is 30.3 Å². The van der Waals surface area contributed by atoms with Crippen molar-refractivity contribution in [1.29, 1.82) is 0 Å². The largest absolute Gasteiger partial charge is 0.496 e. The Morgan fingerprint density at radius 1 is 1.03 bits per heavy atom.